The zero-order valence-corrected chi connectivity index (χ0v) is 8.83. The fourth-order valence-electron chi connectivity index (χ4n) is 0.923. The van der Waals surface area contributed by atoms with Crippen molar-refractivity contribution >= 4 is 22.9 Å². The lowest BCUT2D eigenvalue weighted by Crippen LogP contribution is -1.97. The molecule has 0 aliphatic carbocycles. The predicted octanol–water partition coefficient (Wildman–Crippen LogP) is 1.84. The van der Waals surface area contributed by atoms with Crippen molar-refractivity contribution in [1.29, 1.82) is 0 Å². The Bertz CT molecular complexity index is 265. The Labute approximate surface area is 85.2 Å². The minimum atomic E-state index is 0.182. The van der Waals surface area contributed by atoms with Gasteiger partial charge in [-0.3, -0.25) is 3.53 Å². The number of halogens is 1. The van der Waals surface area contributed by atoms with Crippen molar-refractivity contribution in [1.82, 2.24) is 3.53 Å². The summed E-state index contributed by atoms with van der Waals surface area (Å²) in [5, 5.41) is 9.36. The third kappa shape index (κ3) is 2.25. The van der Waals surface area contributed by atoms with Crippen LogP contribution in [0.15, 0.2) is 18.2 Å². The fourth-order valence-corrected chi connectivity index (χ4v) is 1.36. The Morgan fingerprint density at radius 3 is 2.83 bits per heavy atom. The first-order chi connectivity index (χ1) is 5.77. The zero-order chi connectivity index (χ0) is 8.97. The van der Waals surface area contributed by atoms with Gasteiger partial charge in [-0.1, -0.05) is 6.07 Å². The molecule has 0 amide bonds. The summed E-state index contributed by atoms with van der Waals surface area (Å²) in [4.78, 5) is 0. The van der Waals surface area contributed by atoms with Gasteiger partial charge in [0, 0.05) is 29.4 Å². The number of hydrogen-bond acceptors (Lipinski definition) is 3. The van der Waals surface area contributed by atoms with E-state index in [-0.39, 0.29) is 5.75 Å². The molecule has 1 aromatic carbocycles. The number of aromatic hydroxyl groups is 1. The first-order valence-corrected chi connectivity index (χ1v) is 4.55. The van der Waals surface area contributed by atoms with E-state index in [2.05, 4.69) is 26.4 Å². The number of methoxy groups -OCH3 is 1. The van der Waals surface area contributed by atoms with E-state index in [1.165, 1.54) is 7.11 Å². The Kier molecular flexibility index (Phi) is 3.61. The van der Waals surface area contributed by atoms with Crippen molar-refractivity contribution in [2.75, 3.05) is 7.11 Å². The number of phenols is 1. The summed E-state index contributed by atoms with van der Waals surface area (Å²) in [5.41, 5.74) is 1.03. The largest absolute Gasteiger partial charge is 0.504 e. The maximum Gasteiger partial charge on any atom is 0.160 e. The minimum Gasteiger partial charge on any atom is -0.504 e. The number of benzene rings is 1. The summed E-state index contributed by atoms with van der Waals surface area (Å²) in [7, 11) is 1.53. The van der Waals surface area contributed by atoms with Crippen LogP contribution >= 0.6 is 22.9 Å². The SMILES string of the molecule is COc1ccc(CNI)cc1O. The Hall–Kier alpha value is -0.490. The molecule has 0 aliphatic rings. The Balaban J connectivity index is 2.86. The predicted molar refractivity (Wildman–Crippen MR) is 55.5 cm³/mol. The van der Waals surface area contributed by atoms with E-state index in [0.29, 0.717) is 5.75 Å². The molecule has 0 saturated heterocycles. The number of hydrogen-bond donors (Lipinski definition) is 2. The molecule has 0 atom stereocenters. The van der Waals surface area contributed by atoms with Gasteiger partial charge in [0.15, 0.2) is 11.5 Å². The van der Waals surface area contributed by atoms with Crippen LogP contribution in [0.4, 0.5) is 0 Å². The van der Waals surface area contributed by atoms with Crippen molar-refractivity contribution in [3.05, 3.63) is 23.8 Å². The molecule has 4 heteroatoms. The lowest BCUT2D eigenvalue weighted by Gasteiger charge is -2.04. The topological polar surface area (TPSA) is 41.5 Å². The number of rotatable bonds is 3. The van der Waals surface area contributed by atoms with E-state index in [1.807, 2.05) is 6.07 Å². The van der Waals surface area contributed by atoms with E-state index < -0.39 is 0 Å². The second-order valence-corrected chi connectivity index (χ2v) is 3.08. The van der Waals surface area contributed by atoms with Gasteiger partial charge < -0.3 is 9.84 Å². The first kappa shape index (κ1) is 9.60. The van der Waals surface area contributed by atoms with E-state index in [1.54, 1.807) is 12.1 Å². The highest BCUT2D eigenvalue weighted by molar-refractivity contribution is 14.1. The third-order valence-corrected chi connectivity index (χ3v) is 1.90. The highest BCUT2D eigenvalue weighted by atomic mass is 127. The van der Waals surface area contributed by atoms with Crippen molar-refractivity contribution in [3.8, 4) is 11.5 Å². The quantitative estimate of drug-likeness (QED) is 0.655. The Morgan fingerprint density at radius 1 is 1.58 bits per heavy atom. The van der Waals surface area contributed by atoms with Crippen LogP contribution < -0.4 is 8.27 Å². The molecule has 66 valence electrons. The lowest BCUT2D eigenvalue weighted by molar-refractivity contribution is 0.373. The maximum atomic E-state index is 9.36. The maximum absolute atomic E-state index is 9.36. The standard InChI is InChI=1S/C8H10INO2/c1-12-8-3-2-6(5-10-9)4-7(8)11/h2-4,10-11H,5H2,1H3. The van der Waals surface area contributed by atoms with Crippen LogP contribution in [0.25, 0.3) is 0 Å². The molecule has 0 aliphatic heterocycles. The molecule has 0 fully saturated rings. The summed E-state index contributed by atoms with van der Waals surface area (Å²) in [6, 6.07) is 5.34. The van der Waals surface area contributed by atoms with Crippen molar-refractivity contribution in [3.63, 3.8) is 0 Å². The summed E-state index contributed by atoms with van der Waals surface area (Å²) in [6.45, 7) is 0.734. The van der Waals surface area contributed by atoms with Gasteiger partial charge in [-0.25, -0.2) is 0 Å². The number of nitrogens with one attached hydrogen (secondary N) is 1. The smallest absolute Gasteiger partial charge is 0.160 e. The molecule has 0 radical (unpaired) electrons. The van der Waals surface area contributed by atoms with Gasteiger partial charge in [0.25, 0.3) is 0 Å². The molecule has 0 spiro atoms. The normalized spacial score (nSPS) is 9.83. The molecule has 1 rings (SSSR count). The number of ether oxygens (including phenoxy) is 1. The summed E-state index contributed by atoms with van der Waals surface area (Å²) < 4.78 is 7.87. The van der Waals surface area contributed by atoms with Crippen LogP contribution in [0, 0.1) is 0 Å². The number of phenolic OH excluding ortho intramolecular Hbond substituents is 1. The van der Waals surface area contributed by atoms with Crippen molar-refractivity contribution in [2.45, 2.75) is 6.54 Å². The summed E-state index contributed by atoms with van der Waals surface area (Å²) in [6.07, 6.45) is 0. The molecule has 0 heterocycles. The van der Waals surface area contributed by atoms with Gasteiger partial charge in [0.1, 0.15) is 0 Å². The van der Waals surface area contributed by atoms with E-state index in [4.69, 9.17) is 4.74 Å². The fraction of sp³-hybridized carbons (Fsp3) is 0.250. The van der Waals surface area contributed by atoms with Gasteiger partial charge in [-0.2, -0.15) is 0 Å². The molecule has 0 aromatic heterocycles. The van der Waals surface area contributed by atoms with Gasteiger partial charge >= 0.3 is 0 Å². The van der Waals surface area contributed by atoms with Crippen LogP contribution in [0.2, 0.25) is 0 Å². The van der Waals surface area contributed by atoms with Gasteiger partial charge in [-0.15, -0.1) is 0 Å². The molecule has 0 bridgehead atoms. The molecule has 2 N–H and O–H groups in total. The van der Waals surface area contributed by atoms with Crippen molar-refractivity contribution in [2.24, 2.45) is 0 Å². The lowest BCUT2D eigenvalue weighted by atomic mass is 10.2. The van der Waals surface area contributed by atoms with E-state index in [9.17, 15) is 5.11 Å². The highest BCUT2D eigenvalue weighted by Gasteiger charge is 2.00. The molecular formula is C8H10INO2. The zero-order valence-electron chi connectivity index (χ0n) is 6.67. The second kappa shape index (κ2) is 4.51. The molecule has 1 aromatic rings. The van der Waals surface area contributed by atoms with E-state index >= 15 is 0 Å². The monoisotopic (exact) mass is 279 g/mol. The van der Waals surface area contributed by atoms with Crippen LogP contribution in [-0.2, 0) is 6.54 Å². The third-order valence-electron chi connectivity index (χ3n) is 1.51. The van der Waals surface area contributed by atoms with Gasteiger partial charge in [0.2, 0.25) is 0 Å². The molecule has 0 saturated carbocycles. The van der Waals surface area contributed by atoms with Gasteiger partial charge in [0.05, 0.1) is 7.11 Å². The summed E-state index contributed by atoms with van der Waals surface area (Å²) in [5.74, 6) is 0.689. The highest BCUT2D eigenvalue weighted by Crippen LogP contribution is 2.25. The Morgan fingerprint density at radius 2 is 2.33 bits per heavy atom. The summed E-state index contributed by atoms with van der Waals surface area (Å²) >= 11 is 2.06. The average Bonchev–Trinajstić information content (AvgIpc) is 2.05. The minimum absolute atomic E-state index is 0.182. The molecule has 3 nitrogen and oxygen atoms in total. The van der Waals surface area contributed by atoms with Crippen LogP contribution in [0.3, 0.4) is 0 Å². The van der Waals surface area contributed by atoms with Crippen molar-refractivity contribution < 1.29 is 9.84 Å². The molecule has 12 heavy (non-hydrogen) atoms. The van der Waals surface area contributed by atoms with Gasteiger partial charge in [-0.05, 0) is 17.7 Å². The second-order valence-electron chi connectivity index (χ2n) is 2.32. The molecular weight excluding hydrogens is 269 g/mol. The van der Waals surface area contributed by atoms with E-state index in [0.717, 1.165) is 12.1 Å². The van der Waals surface area contributed by atoms with Crippen LogP contribution in [-0.4, -0.2) is 12.2 Å². The van der Waals surface area contributed by atoms with Crippen LogP contribution in [0.5, 0.6) is 11.5 Å². The van der Waals surface area contributed by atoms with Crippen LogP contribution in [0.1, 0.15) is 5.56 Å². The average molecular weight is 279 g/mol. The first-order valence-electron chi connectivity index (χ1n) is 3.47. The molecule has 0 unspecified atom stereocenters.